The Bertz CT molecular complexity index is 407. The highest BCUT2D eigenvalue weighted by Crippen LogP contribution is 2.23. The molecule has 1 rings (SSSR count). The van der Waals surface area contributed by atoms with E-state index in [4.69, 9.17) is 0 Å². The lowest BCUT2D eigenvalue weighted by atomic mass is 9.91. The third kappa shape index (κ3) is 11.0. The number of alkyl halides is 1. The highest BCUT2D eigenvalue weighted by atomic mass is 79.9. The van der Waals surface area contributed by atoms with E-state index in [0.29, 0.717) is 11.0 Å². The van der Waals surface area contributed by atoms with Crippen molar-refractivity contribution in [3.05, 3.63) is 35.9 Å². The lowest BCUT2D eigenvalue weighted by molar-refractivity contribution is -0.111. The van der Waals surface area contributed by atoms with Crippen molar-refractivity contribution in [1.82, 2.24) is 0 Å². The predicted octanol–water partition coefficient (Wildman–Crippen LogP) is 6.64. The van der Waals surface area contributed by atoms with Crippen molar-refractivity contribution in [2.75, 3.05) is 11.1 Å². The fourth-order valence-electron chi connectivity index (χ4n) is 2.88. The van der Waals surface area contributed by atoms with Crippen LogP contribution in [0.2, 0.25) is 0 Å². The van der Waals surface area contributed by atoms with Crippen LogP contribution >= 0.6 is 27.7 Å². The maximum Gasteiger partial charge on any atom is 0.189 e. The van der Waals surface area contributed by atoms with E-state index in [2.05, 4.69) is 53.2 Å². The molecule has 0 fully saturated rings. The van der Waals surface area contributed by atoms with E-state index >= 15 is 0 Å². The molecule has 0 aliphatic rings. The standard InChI is InChI=1S/C20H31BrOS/c1-2-23-20(22)17-19(13-7-4-3-5-10-16-21)15-14-18-11-8-6-9-12-18/h6,8-9,11-12,19H,2-5,7,10,13-17H2,1H3/t19-/m0/s1. The summed E-state index contributed by atoms with van der Waals surface area (Å²) in [7, 11) is 0. The molecule has 1 atom stereocenters. The normalized spacial score (nSPS) is 12.3. The summed E-state index contributed by atoms with van der Waals surface area (Å²) in [5.41, 5.74) is 1.39. The zero-order valence-electron chi connectivity index (χ0n) is 14.4. The number of thioether (sulfide) groups is 1. The van der Waals surface area contributed by atoms with E-state index in [1.54, 1.807) is 0 Å². The summed E-state index contributed by atoms with van der Waals surface area (Å²) >= 11 is 4.97. The summed E-state index contributed by atoms with van der Waals surface area (Å²) in [5, 5.41) is 1.50. The molecule has 0 saturated carbocycles. The van der Waals surface area contributed by atoms with E-state index in [1.807, 2.05) is 0 Å². The molecule has 0 spiro atoms. The van der Waals surface area contributed by atoms with Gasteiger partial charge in [-0.2, -0.15) is 0 Å². The number of rotatable bonds is 13. The molecule has 0 radical (unpaired) electrons. The smallest absolute Gasteiger partial charge is 0.189 e. The maximum atomic E-state index is 12.0. The van der Waals surface area contributed by atoms with E-state index in [-0.39, 0.29) is 0 Å². The summed E-state index contributed by atoms with van der Waals surface area (Å²) in [5.74, 6) is 1.45. The Labute approximate surface area is 155 Å². The molecule has 0 N–H and O–H groups in total. The van der Waals surface area contributed by atoms with Crippen LogP contribution in [0.15, 0.2) is 30.3 Å². The monoisotopic (exact) mass is 398 g/mol. The van der Waals surface area contributed by atoms with Crippen LogP contribution < -0.4 is 0 Å². The van der Waals surface area contributed by atoms with Crippen molar-refractivity contribution in [3.63, 3.8) is 0 Å². The fraction of sp³-hybridized carbons (Fsp3) is 0.650. The molecule has 0 unspecified atom stereocenters. The first-order valence-electron chi connectivity index (χ1n) is 9.01. The highest BCUT2D eigenvalue weighted by Gasteiger charge is 2.14. The number of hydrogen-bond acceptors (Lipinski definition) is 2. The average Bonchev–Trinajstić information content (AvgIpc) is 2.56. The molecular formula is C20H31BrOS. The molecule has 0 amide bonds. The molecule has 23 heavy (non-hydrogen) atoms. The van der Waals surface area contributed by atoms with E-state index < -0.39 is 0 Å². The van der Waals surface area contributed by atoms with E-state index in [1.165, 1.54) is 55.9 Å². The van der Waals surface area contributed by atoms with Crippen LogP contribution in [-0.2, 0) is 11.2 Å². The van der Waals surface area contributed by atoms with Gasteiger partial charge in [0, 0.05) is 11.8 Å². The number of unbranched alkanes of at least 4 members (excludes halogenated alkanes) is 4. The SMILES string of the molecule is CCSC(=O)C[C@@H](CCCCCCCBr)CCc1ccccc1. The second-order valence-electron chi connectivity index (χ2n) is 6.14. The first kappa shape index (κ1) is 20.8. The molecular weight excluding hydrogens is 368 g/mol. The fourth-order valence-corrected chi connectivity index (χ4v) is 3.95. The number of benzene rings is 1. The molecule has 1 aromatic rings. The van der Waals surface area contributed by atoms with Crippen molar-refractivity contribution in [2.45, 2.75) is 64.7 Å². The van der Waals surface area contributed by atoms with Gasteiger partial charge in [0.2, 0.25) is 0 Å². The van der Waals surface area contributed by atoms with Gasteiger partial charge in [0.1, 0.15) is 0 Å². The predicted molar refractivity (Wildman–Crippen MR) is 108 cm³/mol. The Balaban J connectivity index is 2.34. The van der Waals surface area contributed by atoms with Gasteiger partial charge in [0.05, 0.1) is 0 Å². The minimum absolute atomic E-state index is 0.379. The minimum Gasteiger partial charge on any atom is -0.287 e. The van der Waals surface area contributed by atoms with Crippen molar-refractivity contribution >= 4 is 32.8 Å². The summed E-state index contributed by atoms with van der Waals surface area (Å²) in [6.07, 6.45) is 10.7. The molecule has 3 heteroatoms. The molecule has 130 valence electrons. The summed E-state index contributed by atoms with van der Waals surface area (Å²) in [4.78, 5) is 12.0. The zero-order chi connectivity index (χ0) is 16.8. The first-order valence-corrected chi connectivity index (χ1v) is 11.1. The van der Waals surface area contributed by atoms with Crippen molar-refractivity contribution in [2.24, 2.45) is 5.92 Å². The van der Waals surface area contributed by atoms with Crippen LogP contribution in [0.1, 0.15) is 63.9 Å². The number of carbonyl (C=O) groups is 1. The van der Waals surface area contributed by atoms with Crippen LogP contribution in [-0.4, -0.2) is 16.2 Å². The Hall–Kier alpha value is -0.280. The number of halogens is 1. The van der Waals surface area contributed by atoms with Crippen LogP contribution in [0.25, 0.3) is 0 Å². The summed E-state index contributed by atoms with van der Waals surface area (Å²) < 4.78 is 0. The Morgan fingerprint density at radius 2 is 1.74 bits per heavy atom. The summed E-state index contributed by atoms with van der Waals surface area (Å²) in [6, 6.07) is 10.7. The van der Waals surface area contributed by atoms with Gasteiger partial charge >= 0.3 is 0 Å². The zero-order valence-corrected chi connectivity index (χ0v) is 16.8. The van der Waals surface area contributed by atoms with Gasteiger partial charge in [-0.05, 0) is 42.9 Å². The number of aryl methyl sites for hydroxylation is 1. The molecule has 0 bridgehead atoms. The number of hydrogen-bond donors (Lipinski definition) is 0. The summed E-state index contributed by atoms with van der Waals surface area (Å²) in [6.45, 7) is 2.06. The maximum absolute atomic E-state index is 12.0. The van der Waals surface area contributed by atoms with Gasteiger partial charge in [0.15, 0.2) is 5.12 Å². The van der Waals surface area contributed by atoms with Gasteiger partial charge in [-0.25, -0.2) is 0 Å². The van der Waals surface area contributed by atoms with E-state index in [9.17, 15) is 4.79 Å². The van der Waals surface area contributed by atoms with Crippen LogP contribution in [0.3, 0.4) is 0 Å². The third-order valence-corrected chi connectivity index (χ3v) is 5.53. The number of carbonyl (C=O) groups excluding carboxylic acids is 1. The van der Waals surface area contributed by atoms with E-state index in [0.717, 1.165) is 30.3 Å². The molecule has 0 aliphatic heterocycles. The van der Waals surface area contributed by atoms with Gasteiger partial charge in [-0.15, -0.1) is 0 Å². The second kappa shape index (κ2) is 14.1. The molecule has 0 heterocycles. The van der Waals surface area contributed by atoms with Crippen LogP contribution in [0, 0.1) is 5.92 Å². The van der Waals surface area contributed by atoms with Gasteiger partial charge in [-0.1, -0.05) is 90.6 Å². The quantitative estimate of drug-likeness (QED) is 0.273. The first-order chi connectivity index (χ1) is 11.3. The molecule has 0 saturated heterocycles. The molecule has 0 aliphatic carbocycles. The minimum atomic E-state index is 0.379. The lowest BCUT2D eigenvalue weighted by Gasteiger charge is -2.16. The Kier molecular flexibility index (Phi) is 12.7. The Morgan fingerprint density at radius 3 is 2.43 bits per heavy atom. The average molecular weight is 399 g/mol. The van der Waals surface area contributed by atoms with Crippen LogP contribution in [0.4, 0.5) is 0 Å². The van der Waals surface area contributed by atoms with Gasteiger partial charge < -0.3 is 0 Å². The molecule has 1 nitrogen and oxygen atoms in total. The van der Waals surface area contributed by atoms with Gasteiger partial charge in [0.25, 0.3) is 0 Å². The molecule has 0 aromatic heterocycles. The van der Waals surface area contributed by atoms with Crippen molar-refractivity contribution in [1.29, 1.82) is 0 Å². The Morgan fingerprint density at radius 1 is 1.04 bits per heavy atom. The third-order valence-electron chi connectivity index (χ3n) is 4.19. The van der Waals surface area contributed by atoms with Crippen LogP contribution in [0.5, 0.6) is 0 Å². The van der Waals surface area contributed by atoms with Crippen molar-refractivity contribution < 1.29 is 4.79 Å². The van der Waals surface area contributed by atoms with Gasteiger partial charge in [-0.3, -0.25) is 4.79 Å². The second-order valence-corrected chi connectivity index (χ2v) is 8.26. The lowest BCUT2D eigenvalue weighted by Crippen LogP contribution is -2.08. The van der Waals surface area contributed by atoms with Crippen molar-refractivity contribution in [3.8, 4) is 0 Å². The highest BCUT2D eigenvalue weighted by molar-refractivity contribution is 9.09. The molecule has 1 aromatic carbocycles. The largest absolute Gasteiger partial charge is 0.287 e. The topological polar surface area (TPSA) is 17.1 Å².